The van der Waals surface area contributed by atoms with Gasteiger partial charge in [-0.15, -0.1) is 0 Å². The van der Waals surface area contributed by atoms with Crippen molar-refractivity contribution in [2.24, 2.45) is 0 Å². The van der Waals surface area contributed by atoms with Crippen LogP contribution in [0.1, 0.15) is 11.1 Å². The average Bonchev–Trinajstić information content (AvgIpc) is 2.59. The van der Waals surface area contributed by atoms with E-state index >= 15 is 0 Å². The van der Waals surface area contributed by atoms with Crippen LogP contribution in [0.2, 0.25) is 0 Å². The summed E-state index contributed by atoms with van der Waals surface area (Å²) >= 11 is 0. The maximum atomic E-state index is 3.11. The van der Waals surface area contributed by atoms with E-state index in [9.17, 15) is 0 Å². The van der Waals surface area contributed by atoms with Gasteiger partial charge in [-0.1, -0.05) is 60.7 Å². The van der Waals surface area contributed by atoms with Crippen LogP contribution in [0.4, 0.5) is 11.4 Å². The fraction of sp³-hybridized carbons (Fsp3) is 0.100. The number of nitrogens with one attached hydrogen (secondary N) is 2. The molecule has 112 valence electrons. The Morgan fingerprint density at radius 3 is 1.23 bits per heavy atom. The summed E-state index contributed by atoms with van der Waals surface area (Å²) in [5.41, 5.74) is 4.63. The molecular weight excluding hydrogens is 268 g/mol. The fourth-order valence-electron chi connectivity index (χ4n) is 1.98. The Labute approximate surface area is 132 Å². The molecule has 0 aliphatic rings. The molecule has 0 saturated heterocycles. The third-order valence-corrected chi connectivity index (χ3v) is 3.31. The van der Waals surface area contributed by atoms with Crippen molar-refractivity contribution in [1.82, 2.24) is 0 Å². The van der Waals surface area contributed by atoms with Gasteiger partial charge in [-0.25, -0.2) is 0 Å². The van der Waals surface area contributed by atoms with Crippen LogP contribution in [-0.2, 0) is 0 Å². The highest BCUT2D eigenvalue weighted by Crippen LogP contribution is 2.11. The molecule has 0 aromatic heterocycles. The van der Waals surface area contributed by atoms with Gasteiger partial charge in [0.05, 0.1) is 0 Å². The Morgan fingerprint density at radius 2 is 0.909 bits per heavy atom. The van der Waals surface area contributed by atoms with E-state index in [-0.39, 0.29) is 0 Å². The highest BCUT2D eigenvalue weighted by molar-refractivity contribution is 5.57. The Balaban J connectivity index is 1.85. The summed E-state index contributed by atoms with van der Waals surface area (Å²) in [6.07, 6.45) is 12.3. The van der Waals surface area contributed by atoms with E-state index in [1.807, 2.05) is 38.4 Å². The molecule has 2 N–H and O–H groups in total. The van der Waals surface area contributed by atoms with Gasteiger partial charge in [-0.05, 0) is 35.4 Å². The molecule has 2 aromatic rings. The Hall–Kier alpha value is -2.74. The zero-order chi connectivity index (χ0) is 15.6. The molecule has 2 rings (SSSR count). The second kappa shape index (κ2) is 8.53. The van der Waals surface area contributed by atoms with Crippen LogP contribution in [0, 0.1) is 0 Å². The van der Waals surface area contributed by atoms with Gasteiger partial charge < -0.3 is 10.6 Å². The molecule has 2 heteroatoms. The molecule has 0 fully saturated rings. The van der Waals surface area contributed by atoms with Gasteiger partial charge >= 0.3 is 0 Å². The lowest BCUT2D eigenvalue weighted by Gasteiger charge is -1.99. The first kappa shape index (κ1) is 15.6. The minimum Gasteiger partial charge on any atom is -0.388 e. The predicted molar refractivity (Wildman–Crippen MR) is 99.2 cm³/mol. The van der Waals surface area contributed by atoms with Gasteiger partial charge in [0, 0.05) is 25.5 Å². The van der Waals surface area contributed by atoms with Gasteiger partial charge in [0.2, 0.25) is 0 Å². The van der Waals surface area contributed by atoms with E-state index in [1.165, 1.54) is 11.1 Å². The summed E-state index contributed by atoms with van der Waals surface area (Å²) in [5, 5.41) is 6.22. The standard InChI is InChI=1S/C20H22N2/c1-21-19-13-9-17(10-14-19)7-5-3-4-6-8-18-11-15-20(22-2)16-12-18/h3-16,21-22H,1-2H3. The Morgan fingerprint density at radius 1 is 0.545 bits per heavy atom. The van der Waals surface area contributed by atoms with Crippen LogP contribution in [0.3, 0.4) is 0 Å². The fourth-order valence-corrected chi connectivity index (χ4v) is 1.98. The van der Waals surface area contributed by atoms with Crippen LogP contribution in [0.15, 0.2) is 72.8 Å². The van der Waals surface area contributed by atoms with Crippen LogP contribution in [0.5, 0.6) is 0 Å². The lowest BCUT2D eigenvalue weighted by molar-refractivity contribution is 1.50. The average molecular weight is 290 g/mol. The molecule has 0 heterocycles. The molecule has 0 amide bonds. The van der Waals surface area contributed by atoms with Crippen LogP contribution in [0.25, 0.3) is 12.2 Å². The molecule has 0 aliphatic heterocycles. The first-order valence-corrected chi connectivity index (χ1v) is 7.39. The SMILES string of the molecule is CNc1ccc(C=CC=CC=Cc2ccc(NC)cc2)cc1. The van der Waals surface area contributed by atoms with Crippen LogP contribution in [-0.4, -0.2) is 14.1 Å². The topological polar surface area (TPSA) is 24.1 Å². The van der Waals surface area contributed by atoms with Crippen molar-refractivity contribution in [2.75, 3.05) is 24.7 Å². The zero-order valence-electron chi connectivity index (χ0n) is 13.1. The molecule has 22 heavy (non-hydrogen) atoms. The molecule has 0 bridgehead atoms. The van der Waals surface area contributed by atoms with Gasteiger partial charge in [-0.3, -0.25) is 0 Å². The molecule has 0 atom stereocenters. The Bertz CT molecular complexity index is 588. The first-order valence-electron chi connectivity index (χ1n) is 7.39. The van der Waals surface area contributed by atoms with Gasteiger partial charge in [0.15, 0.2) is 0 Å². The van der Waals surface area contributed by atoms with E-state index in [2.05, 4.69) is 71.3 Å². The number of allylic oxidation sites excluding steroid dienone is 4. The maximum Gasteiger partial charge on any atom is 0.0337 e. The van der Waals surface area contributed by atoms with Gasteiger partial charge in [0.25, 0.3) is 0 Å². The van der Waals surface area contributed by atoms with Crippen molar-refractivity contribution in [3.8, 4) is 0 Å². The lowest BCUT2D eigenvalue weighted by Crippen LogP contribution is -1.86. The number of benzene rings is 2. The molecule has 0 unspecified atom stereocenters. The van der Waals surface area contributed by atoms with Crippen molar-refractivity contribution < 1.29 is 0 Å². The summed E-state index contributed by atoms with van der Waals surface area (Å²) in [5.74, 6) is 0. The number of anilines is 2. The van der Waals surface area contributed by atoms with Crippen molar-refractivity contribution in [3.63, 3.8) is 0 Å². The third-order valence-electron chi connectivity index (χ3n) is 3.31. The molecule has 2 aromatic carbocycles. The van der Waals surface area contributed by atoms with Gasteiger partial charge in [-0.2, -0.15) is 0 Å². The largest absolute Gasteiger partial charge is 0.388 e. The zero-order valence-corrected chi connectivity index (χ0v) is 13.1. The van der Waals surface area contributed by atoms with E-state index < -0.39 is 0 Å². The minimum atomic E-state index is 1.12. The lowest BCUT2D eigenvalue weighted by atomic mass is 10.2. The van der Waals surface area contributed by atoms with E-state index in [4.69, 9.17) is 0 Å². The number of rotatable bonds is 6. The smallest absolute Gasteiger partial charge is 0.0337 e. The Kier molecular flexibility index (Phi) is 6.06. The monoisotopic (exact) mass is 290 g/mol. The van der Waals surface area contributed by atoms with Crippen LogP contribution >= 0.6 is 0 Å². The maximum absolute atomic E-state index is 3.11. The predicted octanol–water partition coefficient (Wildman–Crippen LogP) is 5.05. The minimum absolute atomic E-state index is 1.12. The highest BCUT2D eigenvalue weighted by Gasteiger charge is 1.88. The summed E-state index contributed by atoms with van der Waals surface area (Å²) < 4.78 is 0. The highest BCUT2D eigenvalue weighted by atomic mass is 14.8. The quantitative estimate of drug-likeness (QED) is 0.727. The van der Waals surface area contributed by atoms with E-state index in [1.54, 1.807) is 0 Å². The first-order chi connectivity index (χ1) is 10.8. The van der Waals surface area contributed by atoms with Crippen molar-refractivity contribution >= 4 is 23.5 Å². The van der Waals surface area contributed by atoms with Crippen molar-refractivity contribution in [3.05, 3.63) is 84.0 Å². The molecule has 0 radical (unpaired) electrons. The molecule has 0 spiro atoms. The van der Waals surface area contributed by atoms with E-state index in [0.29, 0.717) is 0 Å². The second-order valence-electron chi connectivity index (χ2n) is 4.85. The normalized spacial score (nSPS) is 11.5. The summed E-state index contributed by atoms with van der Waals surface area (Å²) in [4.78, 5) is 0. The van der Waals surface area contributed by atoms with Crippen molar-refractivity contribution in [2.45, 2.75) is 0 Å². The summed E-state index contributed by atoms with van der Waals surface area (Å²) in [6.45, 7) is 0. The van der Waals surface area contributed by atoms with E-state index in [0.717, 1.165) is 11.4 Å². The molecule has 0 aliphatic carbocycles. The molecule has 2 nitrogen and oxygen atoms in total. The number of hydrogen-bond donors (Lipinski definition) is 2. The third kappa shape index (κ3) is 4.98. The molecular formula is C20H22N2. The summed E-state index contributed by atoms with van der Waals surface area (Å²) in [7, 11) is 3.85. The second-order valence-corrected chi connectivity index (χ2v) is 4.85. The van der Waals surface area contributed by atoms with Crippen molar-refractivity contribution in [1.29, 1.82) is 0 Å². The molecule has 0 saturated carbocycles. The van der Waals surface area contributed by atoms with Gasteiger partial charge in [0.1, 0.15) is 0 Å². The number of hydrogen-bond acceptors (Lipinski definition) is 2. The summed E-state index contributed by atoms with van der Waals surface area (Å²) in [6, 6.07) is 16.6. The van der Waals surface area contributed by atoms with Crippen LogP contribution < -0.4 is 10.6 Å².